The van der Waals surface area contributed by atoms with Gasteiger partial charge in [0.1, 0.15) is 11.7 Å². The minimum atomic E-state index is -4.71. The van der Waals surface area contributed by atoms with Crippen molar-refractivity contribution in [3.05, 3.63) is 36.0 Å². The second kappa shape index (κ2) is 7.88. The van der Waals surface area contributed by atoms with Gasteiger partial charge in [0.05, 0.1) is 6.10 Å². The van der Waals surface area contributed by atoms with Gasteiger partial charge in [-0.2, -0.15) is 18.2 Å². The van der Waals surface area contributed by atoms with Crippen molar-refractivity contribution in [3.63, 3.8) is 0 Å². The third-order valence-electron chi connectivity index (χ3n) is 4.65. The Morgan fingerprint density at radius 1 is 1.28 bits per heavy atom. The Balaban J connectivity index is 1.82. The Labute approximate surface area is 167 Å². The fourth-order valence-corrected chi connectivity index (χ4v) is 4.51. The highest BCUT2D eigenvalue weighted by Gasteiger charge is 2.37. The van der Waals surface area contributed by atoms with E-state index in [4.69, 9.17) is 9.88 Å². The van der Waals surface area contributed by atoms with Gasteiger partial charge in [-0.3, -0.25) is 9.35 Å². The average molecular weight is 432 g/mol. The molecule has 0 spiro atoms. The van der Waals surface area contributed by atoms with Crippen molar-refractivity contribution in [1.29, 1.82) is 0 Å². The van der Waals surface area contributed by atoms with Crippen LogP contribution in [-0.2, 0) is 16.3 Å². The molecule has 2 aromatic rings. The number of nitrogens with zero attached hydrogens (tertiary/aromatic N) is 2. The molecule has 1 saturated carbocycles. The van der Waals surface area contributed by atoms with E-state index in [1.807, 2.05) is 0 Å². The number of aliphatic hydroxyl groups is 1. The van der Waals surface area contributed by atoms with Gasteiger partial charge >= 0.3 is 6.18 Å². The third-order valence-corrected chi connectivity index (χ3v) is 7.36. The first-order valence-corrected chi connectivity index (χ1v) is 10.9. The number of anilines is 2. The molecular formula is C18H23F3N4O3S. The second-order valence-corrected chi connectivity index (χ2v) is 9.75. The molecule has 1 aliphatic rings. The van der Waals surface area contributed by atoms with Gasteiger partial charge in [0.15, 0.2) is 0 Å². The molecule has 2 atom stereocenters. The van der Waals surface area contributed by atoms with Gasteiger partial charge in [-0.05, 0) is 61.1 Å². The van der Waals surface area contributed by atoms with Crippen LogP contribution in [0, 0.1) is 0 Å². The van der Waals surface area contributed by atoms with Gasteiger partial charge in [-0.15, -0.1) is 0 Å². The minimum Gasteiger partial charge on any atom is -0.471 e. The number of alkyl halides is 3. The maximum atomic E-state index is 13.2. The zero-order valence-corrected chi connectivity index (χ0v) is 16.7. The Morgan fingerprint density at radius 3 is 2.41 bits per heavy atom. The van der Waals surface area contributed by atoms with E-state index in [1.165, 1.54) is 13.8 Å². The fraction of sp³-hybridized carbons (Fsp3) is 0.444. The molecule has 0 saturated heterocycles. The zero-order chi connectivity index (χ0) is 21.4. The van der Waals surface area contributed by atoms with E-state index in [-0.39, 0.29) is 11.2 Å². The molecule has 3 rings (SSSR count). The zero-order valence-electron chi connectivity index (χ0n) is 15.8. The molecule has 29 heavy (non-hydrogen) atoms. The van der Waals surface area contributed by atoms with Crippen molar-refractivity contribution in [2.24, 2.45) is 5.14 Å². The minimum absolute atomic E-state index is 0.0233. The smallest absolute Gasteiger partial charge is 0.423 e. The SMILES string of the molecule is C[C@@H](O)[C@@H](C)Oc1nc(Nc2ccc([SH](N)(=O)C3CC3)cc2)ncc1C(F)(F)F. The van der Waals surface area contributed by atoms with Crippen molar-refractivity contribution >= 4 is 21.8 Å². The number of hydrogen-bond donors (Lipinski definition) is 4. The van der Waals surface area contributed by atoms with Crippen LogP contribution in [0.5, 0.6) is 5.88 Å². The fourth-order valence-electron chi connectivity index (χ4n) is 2.56. The second-order valence-electron chi connectivity index (χ2n) is 7.09. The molecule has 160 valence electrons. The van der Waals surface area contributed by atoms with Crippen LogP contribution < -0.4 is 15.2 Å². The standard InChI is InChI=1S/C18H23F3N4O3S/c1-10(26)11(2)28-16-15(18(19,20)21)9-23-17(25-16)24-12-3-5-13(6-4-12)29(22,27)14-7-8-14/h3-6,9-11,14,26,29H,7-8H2,1-2H3,(H2,22,27)(H,23,24,25)/t10-,11-/m1/s1. The van der Waals surface area contributed by atoms with Crippen LogP contribution in [0.1, 0.15) is 32.3 Å². The number of aliphatic hydroxyl groups excluding tert-OH is 1. The van der Waals surface area contributed by atoms with E-state index in [0.29, 0.717) is 16.8 Å². The van der Waals surface area contributed by atoms with Crippen LogP contribution in [-0.4, -0.2) is 36.7 Å². The van der Waals surface area contributed by atoms with Gasteiger partial charge in [0.2, 0.25) is 11.8 Å². The number of aromatic nitrogens is 2. The first kappa shape index (κ1) is 21.5. The summed E-state index contributed by atoms with van der Waals surface area (Å²) in [7, 11) is -2.89. The number of benzene rings is 1. The van der Waals surface area contributed by atoms with Crippen LogP contribution in [0.25, 0.3) is 0 Å². The topological polar surface area (TPSA) is 110 Å². The molecule has 7 nitrogen and oxygen atoms in total. The molecule has 0 radical (unpaired) electrons. The summed E-state index contributed by atoms with van der Waals surface area (Å²) in [6.07, 6.45) is -4.29. The van der Waals surface area contributed by atoms with Crippen LogP contribution in [0.15, 0.2) is 35.4 Å². The first-order chi connectivity index (χ1) is 13.5. The largest absolute Gasteiger partial charge is 0.471 e. The van der Waals surface area contributed by atoms with Crippen molar-refractivity contribution in [2.75, 3.05) is 5.32 Å². The lowest BCUT2D eigenvalue weighted by molar-refractivity contribution is -0.140. The molecular weight excluding hydrogens is 409 g/mol. The number of hydrogen-bond acceptors (Lipinski definition) is 6. The highest BCUT2D eigenvalue weighted by atomic mass is 32.3. The van der Waals surface area contributed by atoms with Crippen LogP contribution in [0.2, 0.25) is 0 Å². The van der Waals surface area contributed by atoms with Crippen LogP contribution >= 0.6 is 0 Å². The summed E-state index contributed by atoms with van der Waals surface area (Å²) >= 11 is 0. The Hall–Kier alpha value is -2.24. The van der Waals surface area contributed by atoms with Gasteiger partial charge in [-0.25, -0.2) is 4.98 Å². The predicted octanol–water partition coefficient (Wildman–Crippen LogP) is 2.80. The normalized spacial score (nSPS) is 17.5. The Morgan fingerprint density at radius 2 is 1.90 bits per heavy atom. The molecule has 1 aliphatic carbocycles. The molecule has 0 unspecified atom stereocenters. The van der Waals surface area contributed by atoms with E-state index in [0.717, 1.165) is 12.8 Å². The average Bonchev–Trinajstić information content (AvgIpc) is 3.47. The quantitative estimate of drug-likeness (QED) is 0.501. The maximum Gasteiger partial charge on any atom is 0.423 e. The third kappa shape index (κ3) is 5.03. The van der Waals surface area contributed by atoms with Gasteiger partial charge in [-0.1, -0.05) is 0 Å². The number of nitrogens with one attached hydrogen (secondary N) is 1. The van der Waals surface area contributed by atoms with Crippen molar-refractivity contribution < 1.29 is 27.2 Å². The number of nitrogens with two attached hydrogens (primary N) is 1. The lowest BCUT2D eigenvalue weighted by Gasteiger charge is -2.20. The van der Waals surface area contributed by atoms with Crippen molar-refractivity contribution in [2.45, 2.75) is 55.2 Å². The summed E-state index contributed by atoms with van der Waals surface area (Å²) in [6.45, 7) is 2.83. The highest BCUT2D eigenvalue weighted by Crippen LogP contribution is 2.37. The maximum absolute atomic E-state index is 13.2. The summed E-state index contributed by atoms with van der Waals surface area (Å²) in [4.78, 5) is 8.06. The summed E-state index contributed by atoms with van der Waals surface area (Å²) in [5.74, 6) is -0.795. The van der Waals surface area contributed by atoms with E-state index < -0.39 is 39.9 Å². The van der Waals surface area contributed by atoms with Crippen molar-refractivity contribution in [3.8, 4) is 5.88 Å². The lowest BCUT2D eigenvalue weighted by atomic mass is 10.2. The molecule has 11 heteroatoms. The highest BCUT2D eigenvalue weighted by molar-refractivity contribution is 8.01. The van der Waals surface area contributed by atoms with Crippen molar-refractivity contribution in [1.82, 2.24) is 9.97 Å². The van der Waals surface area contributed by atoms with Crippen LogP contribution in [0.3, 0.4) is 0 Å². The molecule has 4 N–H and O–H groups in total. The molecule has 1 heterocycles. The number of ether oxygens (including phenoxy) is 1. The molecule has 1 aromatic carbocycles. The molecule has 1 aromatic heterocycles. The molecule has 0 aliphatic heterocycles. The van der Waals surface area contributed by atoms with E-state index >= 15 is 0 Å². The van der Waals surface area contributed by atoms with E-state index in [9.17, 15) is 22.5 Å². The Bertz CT molecular complexity index is 918. The molecule has 0 amide bonds. The molecule has 0 bridgehead atoms. The summed E-state index contributed by atoms with van der Waals surface area (Å²) in [5, 5.41) is 18.3. The monoisotopic (exact) mass is 432 g/mol. The lowest BCUT2D eigenvalue weighted by Crippen LogP contribution is -2.28. The van der Waals surface area contributed by atoms with Gasteiger partial charge in [0.25, 0.3) is 0 Å². The van der Waals surface area contributed by atoms with Crippen LogP contribution in [0.4, 0.5) is 24.8 Å². The van der Waals surface area contributed by atoms with E-state index in [2.05, 4.69) is 15.3 Å². The predicted molar refractivity (Wildman–Crippen MR) is 104 cm³/mol. The number of halogens is 3. The first-order valence-electron chi connectivity index (χ1n) is 9.03. The summed E-state index contributed by atoms with van der Waals surface area (Å²) in [6, 6.07) is 6.46. The molecule has 1 fully saturated rings. The Kier molecular flexibility index (Phi) is 5.84. The van der Waals surface area contributed by atoms with E-state index in [1.54, 1.807) is 24.3 Å². The number of thiol groups is 1. The summed E-state index contributed by atoms with van der Waals surface area (Å²) < 4.78 is 57.4. The van der Waals surface area contributed by atoms with Gasteiger partial charge < -0.3 is 15.2 Å². The summed E-state index contributed by atoms with van der Waals surface area (Å²) in [5.41, 5.74) is -0.654. The number of rotatable bonds is 7. The van der Waals surface area contributed by atoms with Gasteiger partial charge in [0, 0.05) is 22.0 Å².